The molecule has 0 unspecified atom stereocenters. The van der Waals surface area contributed by atoms with Crippen LogP contribution < -0.4 is 10.9 Å². The van der Waals surface area contributed by atoms with E-state index < -0.39 is 5.97 Å². The second-order valence-electron chi connectivity index (χ2n) is 6.83. The highest BCUT2D eigenvalue weighted by Crippen LogP contribution is 2.15. The van der Waals surface area contributed by atoms with Crippen molar-refractivity contribution in [2.45, 2.75) is 40.2 Å². The Morgan fingerprint density at radius 2 is 2.07 bits per heavy atom. The highest BCUT2D eigenvalue weighted by atomic mass is 32.1. The molecule has 0 aliphatic carbocycles. The van der Waals surface area contributed by atoms with Gasteiger partial charge in [0.25, 0.3) is 5.56 Å². The van der Waals surface area contributed by atoms with Crippen LogP contribution in [0, 0.1) is 5.92 Å². The van der Waals surface area contributed by atoms with E-state index in [1.165, 1.54) is 21.9 Å². The number of rotatable bonds is 7. The normalized spacial score (nSPS) is 11.0. The van der Waals surface area contributed by atoms with E-state index in [1.54, 1.807) is 38.1 Å². The second-order valence-corrected chi connectivity index (χ2v) is 7.87. The van der Waals surface area contributed by atoms with E-state index in [2.05, 4.69) is 15.4 Å². The van der Waals surface area contributed by atoms with Crippen LogP contribution in [0.4, 0.5) is 5.69 Å². The van der Waals surface area contributed by atoms with Crippen molar-refractivity contribution in [2.75, 3.05) is 5.32 Å². The molecule has 3 aromatic rings. The summed E-state index contributed by atoms with van der Waals surface area (Å²) in [4.78, 5) is 41.2. The lowest BCUT2D eigenvalue weighted by atomic mass is 10.1. The number of esters is 1. The minimum atomic E-state index is -0.566. The molecule has 2 aromatic heterocycles. The third-order valence-corrected chi connectivity index (χ3v) is 5.01. The summed E-state index contributed by atoms with van der Waals surface area (Å²) < 4.78 is 6.57. The van der Waals surface area contributed by atoms with Gasteiger partial charge in [0.1, 0.15) is 11.6 Å². The first-order valence-corrected chi connectivity index (χ1v) is 10.2. The van der Waals surface area contributed by atoms with Gasteiger partial charge in [0.2, 0.25) is 10.9 Å². The fraction of sp³-hybridized carbons (Fsp3) is 0.350. The molecular formula is C20H22N4O4S. The highest BCUT2D eigenvalue weighted by Gasteiger charge is 2.13. The van der Waals surface area contributed by atoms with E-state index >= 15 is 0 Å². The monoisotopic (exact) mass is 414 g/mol. The highest BCUT2D eigenvalue weighted by molar-refractivity contribution is 7.16. The van der Waals surface area contributed by atoms with Crippen molar-refractivity contribution in [3.05, 3.63) is 57.0 Å². The fourth-order valence-electron chi connectivity index (χ4n) is 2.52. The zero-order chi connectivity index (χ0) is 21.0. The summed E-state index contributed by atoms with van der Waals surface area (Å²) in [5.74, 6) is -0.876. The number of carbonyl (C=O) groups excluding carboxylic acids is 2. The molecule has 8 nitrogen and oxygen atoms in total. The number of carbonyl (C=O) groups is 2. The van der Waals surface area contributed by atoms with Crippen LogP contribution >= 0.6 is 11.3 Å². The molecule has 3 rings (SSSR count). The number of hydrogen-bond acceptors (Lipinski definition) is 7. The third-order valence-electron chi connectivity index (χ3n) is 4.05. The van der Waals surface area contributed by atoms with Crippen molar-refractivity contribution in [1.29, 1.82) is 0 Å². The molecule has 9 heteroatoms. The maximum Gasteiger partial charge on any atom is 0.338 e. The number of aromatic nitrogens is 3. The number of nitrogens with one attached hydrogen (secondary N) is 1. The van der Waals surface area contributed by atoms with Crippen molar-refractivity contribution >= 4 is 33.9 Å². The molecule has 1 amide bonds. The maximum absolute atomic E-state index is 12.4. The topological polar surface area (TPSA) is 103 Å². The van der Waals surface area contributed by atoms with Crippen LogP contribution in [0.5, 0.6) is 0 Å². The Hall–Kier alpha value is -3.07. The smallest absolute Gasteiger partial charge is 0.338 e. The van der Waals surface area contributed by atoms with Gasteiger partial charge in [-0.05, 0) is 24.6 Å². The van der Waals surface area contributed by atoms with Crippen LogP contribution in [0.15, 0.2) is 35.1 Å². The van der Waals surface area contributed by atoms with Crippen molar-refractivity contribution in [3.63, 3.8) is 0 Å². The van der Waals surface area contributed by atoms with Gasteiger partial charge in [0.05, 0.1) is 11.3 Å². The van der Waals surface area contributed by atoms with Crippen LogP contribution in [-0.4, -0.2) is 26.5 Å². The predicted octanol–water partition coefficient (Wildman–Crippen LogP) is 3.06. The van der Waals surface area contributed by atoms with Crippen molar-refractivity contribution in [1.82, 2.24) is 14.6 Å². The lowest BCUT2D eigenvalue weighted by Crippen LogP contribution is -2.18. The molecule has 0 spiro atoms. The first kappa shape index (κ1) is 20.7. The van der Waals surface area contributed by atoms with Crippen LogP contribution in [0.3, 0.4) is 0 Å². The number of hydrogen-bond donors (Lipinski definition) is 1. The van der Waals surface area contributed by atoms with Crippen LogP contribution in [-0.2, 0) is 22.6 Å². The van der Waals surface area contributed by atoms with E-state index in [1.807, 2.05) is 6.92 Å². The van der Waals surface area contributed by atoms with Gasteiger partial charge in [0.15, 0.2) is 0 Å². The zero-order valence-corrected chi connectivity index (χ0v) is 17.3. The molecule has 0 aliphatic rings. The molecule has 152 valence electrons. The summed E-state index contributed by atoms with van der Waals surface area (Å²) in [5, 5.41) is 7.83. The van der Waals surface area contributed by atoms with Crippen LogP contribution in [0.1, 0.15) is 48.3 Å². The third kappa shape index (κ3) is 5.05. The molecule has 0 radical (unpaired) electrons. The predicted molar refractivity (Wildman–Crippen MR) is 110 cm³/mol. The Bertz CT molecular complexity index is 1100. The molecule has 0 saturated heterocycles. The number of anilines is 1. The molecule has 0 aliphatic heterocycles. The molecule has 1 N–H and O–H groups in total. The Morgan fingerprint density at radius 3 is 2.79 bits per heavy atom. The number of nitrogens with zero attached hydrogens (tertiary/aromatic N) is 3. The van der Waals surface area contributed by atoms with Crippen molar-refractivity contribution in [2.24, 2.45) is 5.92 Å². The standard InChI is InChI=1S/C20H22N4O4S/c1-4-6-16-23-24-17(25)10-15(22-20(24)29-16)11-28-19(27)13-7-5-8-14(9-13)21-18(26)12(2)3/h5,7-10,12H,4,6,11H2,1-3H3,(H,21,26). The molecule has 1 aromatic carbocycles. The number of ether oxygens (including phenoxy) is 1. The van der Waals surface area contributed by atoms with Gasteiger partial charge in [-0.25, -0.2) is 9.78 Å². The minimum absolute atomic E-state index is 0.131. The van der Waals surface area contributed by atoms with Crippen molar-refractivity contribution in [3.8, 4) is 0 Å². The zero-order valence-electron chi connectivity index (χ0n) is 16.5. The largest absolute Gasteiger partial charge is 0.456 e. The van der Waals surface area contributed by atoms with Gasteiger partial charge in [-0.15, -0.1) is 0 Å². The van der Waals surface area contributed by atoms with E-state index in [0.717, 1.165) is 17.8 Å². The molecule has 29 heavy (non-hydrogen) atoms. The van der Waals surface area contributed by atoms with Crippen LogP contribution in [0.25, 0.3) is 4.96 Å². The molecule has 2 heterocycles. The quantitative estimate of drug-likeness (QED) is 0.596. The van der Waals surface area contributed by atoms with Gasteiger partial charge < -0.3 is 10.1 Å². The van der Waals surface area contributed by atoms with Gasteiger partial charge in [-0.2, -0.15) is 9.61 Å². The van der Waals surface area contributed by atoms with Crippen molar-refractivity contribution < 1.29 is 14.3 Å². The first-order valence-electron chi connectivity index (χ1n) is 9.34. The summed E-state index contributed by atoms with van der Waals surface area (Å²) in [5.41, 5.74) is 0.869. The van der Waals surface area contributed by atoms with Crippen LogP contribution in [0.2, 0.25) is 0 Å². The van der Waals surface area contributed by atoms with Gasteiger partial charge in [-0.3, -0.25) is 9.59 Å². The van der Waals surface area contributed by atoms with Gasteiger partial charge in [-0.1, -0.05) is 38.2 Å². The Kier molecular flexibility index (Phi) is 6.38. The lowest BCUT2D eigenvalue weighted by Gasteiger charge is -2.09. The number of amides is 1. The second kappa shape index (κ2) is 8.95. The number of fused-ring (bicyclic) bond motifs is 1. The van der Waals surface area contributed by atoms with Gasteiger partial charge in [0, 0.05) is 24.1 Å². The summed E-state index contributed by atoms with van der Waals surface area (Å²) in [6, 6.07) is 7.82. The first-order chi connectivity index (χ1) is 13.9. The van der Waals surface area contributed by atoms with E-state index in [0.29, 0.717) is 21.9 Å². The molecule has 0 bridgehead atoms. The average Bonchev–Trinajstić information content (AvgIpc) is 3.09. The fourth-order valence-corrected chi connectivity index (χ4v) is 3.54. The molecule has 0 fully saturated rings. The maximum atomic E-state index is 12.4. The number of benzene rings is 1. The summed E-state index contributed by atoms with van der Waals surface area (Å²) in [6.45, 7) is 5.48. The SMILES string of the molecule is CCCc1nn2c(=O)cc(COC(=O)c3cccc(NC(=O)C(C)C)c3)nc2s1. The summed E-state index contributed by atoms with van der Waals surface area (Å²) >= 11 is 1.35. The summed E-state index contributed by atoms with van der Waals surface area (Å²) in [6.07, 6.45) is 1.71. The molecule has 0 atom stereocenters. The Labute approximate surface area is 171 Å². The Morgan fingerprint density at radius 1 is 1.28 bits per heavy atom. The lowest BCUT2D eigenvalue weighted by molar-refractivity contribution is -0.118. The average molecular weight is 414 g/mol. The van der Waals surface area contributed by atoms with E-state index in [9.17, 15) is 14.4 Å². The molecular weight excluding hydrogens is 392 g/mol. The van der Waals surface area contributed by atoms with E-state index in [4.69, 9.17) is 4.74 Å². The van der Waals surface area contributed by atoms with Gasteiger partial charge >= 0.3 is 5.97 Å². The Balaban J connectivity index is 1.70. The summed E-state index contributed by atoms with van der Waals surface area (Å²) in [7, 11) is 0. The number of aryl methyl sites for hydroxylation is 1. The minimum Gasteiger partial charge on any atom is -0.456 e. The van der Waals surface area contributed by atoms with E-state index in [-0.39, 0.29) is 24.0 Å². The molecule has 0 saturated carbocycles.